The van der Waals surface area contributed by atoms with E-state index >= 15 is 0 Å². The zero-order chi connectivity index (χ0) is 18.4. The van der Waals surface area contributed by atoms with E-state index < -0.39 is 0 Å². The molecule has 2 heterocycles. The highest BCUT2D eigenvalue weighted by Crippen LogP contribution is 2.45. The maximum absolute atomic E-state index is 13.3. The Hall–Kier alpha value is -3.31. The van der Waals surface area contributed by atoms with E-state index in [4.69, 9.17) is 4.74 Å². The van der Waals surface area contributed by atoms with Gasteiger partial charge in [-0.3, -0.25) is 0 Å². The van der Waals surface area contributed by atoms with Crippen LogP contribution in [0.5, 0.6) is 11.5 Å². The number of nitrogens with zero attached hydrogens (tertiary/aromatic N) is 1. The average Bonchev–Trinajstić information content (AvgIpc) is 3.14. The van der Waals surface area contributed by atoms with E-state index in [2.05, 4.69) is 11.5 Å². The van der Waals surface area contributed by atoms with Crippen LogP contribution in [0.4, 0.5) is 4.39 Å². The number of hydrogen-bond acceptors (Lipinski definition) is 4. The van der Waals surface area contributed by atoms with Gasteiger partial charge in [0.05, 0.1) is 11.7 Å². The number of fused-ring (bicyclic) bond motifs is 3. The highest BCUT2D eigenvalue weighted by molar-refractivity contribution is 5.67. The van der Waals surface area contributed by atoms with Crippen LogP contribution in [0.2, 0.25) is 0 Å². The molecule has 0 spiro atoms. The predicted octanol–water partition coefficient (Wildman–Crippen LogP) is 4.52. The number of hydrazine groups is 1. The summed E-state index contributed by atoms with van der Waals surface area (Å²) in [5.41, 5.74) is 7.23. The third-order valence-corrected chi connectivity index (χ3v) is 4.94. The quantitative estimate of drug-likeness (QED) is 0.705. The van der Waals surface area contributed by atoms with E-state index in [1.165, 1.54) is 12.1 Å². The summed E-state index contributed by atoms with van der Waals surface area (Å²) < 4.78 is 19.6. The van der Waals surface area contributed by atoms with Crippen molar-refractivity contribution in [3.05, 3.63) is 101 Å². The zero-order valence-corrected chi connectivity index (χ0v) is 14.3. The van der Waals surface area contributed by atoms with Crippen LogP contribution in [0.25, 0.3) is 5.70 Å². The highest BCUT2D eigenvalue weighted by atomic mass is 19.1. The molecular formula is C22H17FN2O2. The van der Waals surface area contributed by atoms with Crippen LogP contribution in [0.15, 0.2) is 78.9 Å². The Kier molecular flexibility index (Phi) is 3.62. The third kappa shape index (κ3) is 2.73. The number of hydrogen-bond donors (Lipinski definition) is 2. The lowest BCUT2D eigenvalue weighted by molar-refractivity contribution is -0.0326. The van der Waals surface area contributed by atoms with Crippen LogP contribution in [-0.2, 0) is 0 Å². The Balaban J connectivity index is 1.57. The van der Waals surface area contributed by atoms with Crippen molar-refractivity contribution < 1.29 is 14.2 Å². The van der Waals surface area contributed by atoms with Crippen molar-refractivity contribution in [1.29, 1.82) is 0 Å². The summed E-state index contributed by atoms with van der Waals surface area (Å²) >= 11 is 0. The highest BCUT2D eigenvalue weighted by Gasteiger charge is 2.39. The van der Waals surface area contributed by atoms with E-state index in [1.807, 2.05) is 41.4 Å². The molecule has 2 aliphatic heterocycles. The molecule has 5 rings (SSSR count). The van der Waals surface area contributed by atoms with Gasteiger partial charge in [-0.15, -0.1) is 0 Å². The number of rotatable bonds is 2. The molecule has 0 saturated carbocycles. The Labute approximate surface area is 156 Å². The molecule has 0 saturated heterocycles. The molecule has 0 radical (unpaired) electrons. The van der Waals surface area contributed by atoms with Crippen molar-refractivity contribution in [2.75, 3.05) is 0 Å². The predicted molar refractivity (Wildman–Crippen MR) is 100 cm³/mol. The van der Waals surface area contributed by atoms with Crippen LogP contribution >= 0.6 is 0 Å². The largest absolute Gasteiger partial charge is 0.508 e. The van der Waals surface area contributed by atoms with Gasteiger partial charge in [0.2, 0.25) is 0 Å². The second kappa shape index (κ2) is 6.14. The standard InChI is InChI=1S/C22H17FN2O2/c23-16-9-5-14(6-10-16)19-13-20-18-3-1-2-4-21(18)27-22(25(20)24-19)15-7-11-17(26)12-8-15/h1-13,20,22,24,26H. The number of ether oxygens (including phenoxy) is 1. The summed E-state index contributed by atoms with van der Waals surface area (Å²) in [6.45, 7) is 0. The van der Waals surface area contributed by atoms with Crippen LogP contribution in [0.1, 0.15) is 29.0 Å². The second-order valence-electron chi connectivity index (χ2n) is 6.65. The van der Waals surface area contributed by atoms with Gasteiger partial charge in [0.1, 0.15) is 17.3 Å². The lowest BCUT2D eigenvalue weighted by Gasteiger charge is -2.38. The Bertz CT molecular complexity index is 1020. The van der Waals surface area contributed by atoms with Gasteiger partial charge in [-0.2, -0.15) is 5.01 Å². The monoisotopic (exact) mass is 360 g/mol. The summed E-state index contributed by atoms with van der Waals surface area (Å²) in [5.74, 6) is 0.784. The maximum Gasteiger partial charge on any atom is 0.195 e. The van der Waals surface area contributed by atoms with E-state index in [0.717, 1.165) is 28.1 Å². The SMILES string of the molecule is Oc1ccc(C2Oc3ccccc3C3C=C(c4ccc(F)cc4)NN32)cc1. The van der Waals surface area contributed by atoms with Crippen molar-refractivity contribution in [3.63, 3.8) is 0 Å². The molecule has 2 unspecified atom stereocenters. The molecule has 5 heteroatoms. The molecule has 0 bridgehead atoms. The minimum Gasteiger partial charge on any atom is -0.508 e. The fourth-order valence-corrected chi connectivity index (χ4v) is 3.60. The first-order valence-electron chi connectivity index (χ1n) is 8.76. The molecule has 4 nitrogen and oxygen atoms in total. The Morgan fingerprint density at radius 3 is 2.44 bits per heavy atom. The molecule has 2 aliphatic rings. The van der Waals surface area contributed by atoms with Gasteiger partial charge in [0, 0.05) is 11.1 Å². The Morgan fingerprint density at radius 1 is 0.926 bits per heavy atom. The number of aromatic hydroxyl groups is 1. The van der Waals surface area contributed by atoms with E-state index in [1.54, 1.807) is 24.3 Å². The third-order valence-electron chi connectivity index (χ3n) is 4.94. The minimum absolute atomic E-state index is 0.0196. The van der Waals surface area contributed by atoms with Crippen LogP contribution in [0.3, 0.4) is 0 Å². The lowest BCUT2D eigenvalue weighted by Crippen LogP contribution is -2.43. The van der Waals surface area contributed by atoms with Crippen molar-refractivity contribution >= 4 is 5.70 Å². The molecular weight excluding hydrogens is 343 g/mol. The van der Waals surface area contributed by atoms with Crippen LogP contribution in [0, 0.1) is 5.82 Å². The van der Waals surface area contributed by atoms with Gasteiger partial charge in [-0.25, -0.2) is 4.39 Å². The number of halogens is 1. The molecule has 27 heavy (non-hydrogen) atoms. The molecule has 0 fully saturated rings. The minimum atomic E-state index is -0.361. The van der Waals surface area contributed by atoms with Crippen molar-refractivity contribution in [1.82, 2.24) is 10.4 Å². The first-order chi connectivity index (χ1) is 13.2. The Morgan fingerprint density at radius 2 is 1.67 bits per heavy atom. The molecule has 0 aromatic heterocycles. The molecule has 0 amide bonds. The summed E-state index contributed by atoms with van der Waals surface area (Å²) in [5, 5.41) is 11.6. The number of para-hydroxylation sites is 1. The summed E-state index contributed by atoms with van der Waals surface area (Å²) in [6.07, 6.45) is 1.77. The smallest absolute Gasteiger partial charge is 0.195 e. The average molecular weight is 360 g/mol. The summed E-state index contributed by atoms with van der Waals surface area (Å²) in [4.78, 5) is 0. The van der Waals surface area contributed by atoms with E-state index in [9.17, 15) is 9.50 Å². The molecule has 3 aromatic carbocycles. The normalized spacial score (nSPS) is 20.9. The van der Waals surface area contributed by atoms with Gasteiger partial charge in [0.25, 0.3) is 0 Å². The number of phenols is 1. The number of benzene rings is 3. The van der Waals surface area contributed by atoms with E-state index in [0.29, 0.717) is 0 Å². The molecule has 3 aromatic rings. The van der Waals surface area contributed by atoms with Crippen LogP contribution < -0.4 is 10.2 Å². The molecule has 2 atom stereocenters. The first kappa shape index (κ1) is 15.9. The van der Waals surface area contributed by atoms with Crippen molar-refractivity contribution in [3.8, 4) is 11.5 Å². The van der Waals surface area contributed by atoms with Crippen molar-refractivity contribution in [2.45, 2.75) is 12.3 Å². The fraction of sp³-hybridized carbons (Fsp3) is 0.0909. The summed E-state index contributed by atoms with van der Waals surface area (Å²) in [6, 6.07) is 21.4. The number of phenolic OH excluding ortho intramolecular Hbond substituents is 1. The van der Waals surface area contributed by atoms with Gasteiger partial charge < -0.3 is 15.3 Å². The molecule has 134 valence electrons. The zero-order valence-electron chi connectivity index (χ0n) is 14.3. The first-order valence-corrected chi connectivity index (χ1v) is 8.76. The van der Waals surface area contributed by atoms with E-state index in [-0.39, 0.29) is 23.8 Å². The molecule has 2 N–H and O–H groups in total. The summed E-state index contributed by atoms with van der Waals surface area (Å²) in [7, 11) is 0. The molecule has 0 aliphatic carbocycles. The van der Waals surface area contributed by atoms with Gasteiger partial charge in [0.15, 0.2) is 6.23 Å². The lowest BCUT2D eigenvalue weighted by atomic mass is 10.0. The van der Waals surface area contributed by atoms with Crippen molar-refractivity contribution in [2.24, 2.45) is 0 Å². The van der Waals surface area contributed by atoms with Gasteiger partial charge in [-0.05, 0) is 54.1 Å². The van der Waals surface area contributed by atoms with Gasteiger partial charge in [-0.1, -0.05) is 30.3 Å². The second-order valence-corrected chi connectivity index (χ2v) is 6.65. The topological polar surface area (TPSA) is 44.7 Å². The fourth-order valence-electron chi connectivity index (χ4n) is 3.60. The van der Waals surface area contributed by atoms with Crippen LogP contribution in [-0.4, -0.2) is 10.1 Å². The number of nitrogens with one attached hydrogen (secondary N) is 1. The van der Waals surface area contributed by atoms with Gasteiger partial charge >= 0.3 is 0 Å². The maximum atomic E-state index is 13.3.